The van der Waals surface area contributed by atoms with Crippen LogP contribution in [0.3, 0.4) is 0 Å². The maximum Gasteiger partial charge on any atom is 0.434 e. The van der Waals surface area contributed by atoms with Crippen molar-refractivity contribution in [1.29, 1.82) is 0 Å². The molecule has 0 aliphatic heterocycles. The van der Waals surface area contributed by atoms with Gasteiger partial charge in [-0.15, -0.1) is 11.3 Å². The van der Waals surface area contributed by atoms with Crippen LogP contribution in [0.2, 0.25) is 0 Å². The number of aliphatic imine (C=N–C) groups is 1. The van der Waals surface area contributed by atoms with Gasteiger partial charge in [0.05, 0.1) is 11.6 Å². The Hall–Kier alpha value is -2.36. The Morgan fingerprint density at radius 1 is 1.14 bits per heavy atom. The highest BCUT2D eigenvalue weighted by Gasteiger charge is 2.33. The molecule has 2 N–H and O–H groups in total. The summed E-state index contributed by atoms with van der Waals surface area (Å²) in [6.45, 7) is 1.62. The number of guanidine groups is 1. The van der Waals surface area contributed by atoms with Crippen LogP contribution in [0.25, 0.3) is 0 Å². The van der Waals surface area contributed by atoms with Gasteiger partial charge in [0.2, 0.25) is 0 Å². The summed E-state index contributed by atoms with van der Waals surface area (Å²) in [5, 5.41) is 7.62. The minimum absolute atomic E-state index is 0.300. The van der Waals surface area contributed by atoms with Gasteiger partial charge in [-0.05, 0) is 37.1 Å². The topological polar surface area (TPSA) is 58.5 Å². The minimum Gasteiger partial charge on any atom is -0.494 e. The lowest BCUT2D eigenvalue weighted by atomic mass is 10.3. The zero-order valence-electron chi connectivity index (χ0n) is 15.4. The Bertz CT molecular complexity index is 747. The summed E-state index contributed by atoms with van der Waals surface area (Å²) in [5.74, 6) is 0.904. The molecule has 0 amide bonds. The van der Waals surface area contributed by atoms with E-state index in [0.29, 0.717) is 42.8 Å². The van der Waals surface area contributed by atoms with E-state index in [1.807, 2.05) is 0 Å². The van der Waals surface area contributed by atoms with Crippen LogP contribution in [0, 0.1) is 5.82 Å². The van der Waals surface area contributed by atoms with Crippen molar-refractivity contribution >= 4 is 17.3 Å². The molecule has 0 spiro atoms. The van der Waals surface area contributed by atoms with Crippen LogP contribution in [0.5, 0.6) is 5.75 Å². The quantitative estimate of drug-likeness (QED) is 0.281. The number of halogens is 4. The molecule has 28 heavy (non-hydrogen) atoms. The monoisotopic (exact) mass is 418 g/mol. The van der Waals surface area contributed by atoms with Crippen molar-refractivity contribution < 1.29 is 22.3 Å². The van der Waals surface area contributed by atoms with Crippen LogP contribution >= 0.6 is 11.3 Å². The van der Waals surface area contributed by atoms with E-state index >= 15 is 0 Å². The summed E-state index contributed by atoms with van der Waals surface area (Å²) < 4.78 is 55.9. The highest BCUT2D eigenvalue weighted by Crippen LogP contribution is 2.29. The zero-order valence-corrected chi connectivity index (χ0v) is 16.2. The number of alkyl halides is 3. The first-order valence-electron chi connectivity index (χ1n) is 8.73. The molecule has 5 nitrogen and oxygen atoms in total. The number of hydrogen-bond donors (Lipinski definition) is 2. The lowest BCUT2D eigenvalue weighted by Crippen LogP contribution is -2.38. The van der Waals surface area contributed by atoms with Crippen molar-refractivity contribution in [1.82, 2.24) is 15.6 Å². The number of nitrogens with zero attached hydrogens (tertiary/aromatic N) is 2. The standard InChI is InChI=1S/C18H22F4N4OS/c1-23-17(25-10-8-16-26-15(12-28-16)18(20,21)22)24-9-2-3-11-27-14-6-4-13(19)5-7-14/h4-7,12H,2-3,8-11H2,1H3,(H2,23,24,25). The summed E-state index contributed by atoms with van der Waals surface area (Å²) in [5.41, 5.74) is -0.849. The van der Waals surface area contributed by atoms with Gasteiger partial charge in [0.25, 0.3) is 0 Å². The number of nitrogens with one attached hydrogen (secondary N) is 2. The van der Waals surface area contributed by atoms with Gasteiger partial charge in [0.1, 0.15) is 11.6 Å². The number of aromatic nitrogens is 1. The third-order valence-electron chi connectivity index (χ3n) is 3.64. The van der Waals surface area contributed by atoms with E-state index in [-0.39, 0.29) is 5.82 Å². The molecule has 0 bridgehead atoms. The highest BCUT2D eigenvalue weighted by atomic mass is 32.1. The van der Waals surface area contributed by atoms with E-state index in [4.69, 9.17) is 4.74 Å². The molecule has 10 heteroatoms. The lowest BCUT2D eigenvalue weighted by Gasteiger charge is -2.11. The average molecular weight is 418 g/mol. The van der Waals surface area contributed by atoms with Crippen molar-refractivity contribution in [2.75, 3.05) is 26.7 Å². The largest absolute Gasteiger partial charge is 0.494 e. The van der Waals surface area contributed by atoms with Gasteiger partial charge < -0.3 is 15.4 Å². The Morgan fingerprint density at radius 2 is 1.86 bits per heavy atom. The van der Waals surface area contributed by atoms with E-state index in [1.165, 1.54) is 12.1 Å². The summed E-state index contributed by atoms with van der Waals surface area (Å²) in [4.78, 5) is 7.66. The Kier molecular flexibility index (Phi) is 8.49. The fourth-order valence-electron chi connectivity index (χ4n) is 2.22. The predicted octanol–water partition coefficient (Wildman–Crippen LogP) is 3.87. The van der Waals surface area contributed by atoms with Crippen molar-refractivity contribution in [3.63, 3.8) is 0 Å². The van der Waals surface area contributed by atoms with Gasteiger partial charge >= 0.3 is 6.18 Å². The van der Waals surface area contributed by atoms with E-state index in [2.05, 4.69) is 20.6 Å². The van der Waals surface area contributed by atoms with Crippen molar-refractivity contribution in [3.8, 4) is 5.75 Å². The number of hydrogen-bond acceptors (Lipinski definition) is 4. The maximum atomic E-state index is 12.8. The first-order valence-corrected chi connectivity index (χ1v) is 9.61. The van der Waals surface area contributed by atoms with Crippen LogP contribution < -0.4 is 15.4 Å². The van der Waals surface area contributed by atoms with Gasteiger partial charge in [-0.1, -0.05) is 0 Å². The Morgan fingerprint density at radius 3 is 2.50 bits per heavy atom. The van der Waals surface area contributed by atoms with Gasteiger partial charge in [-0.2, -0.15) is 13.2 Å². The summed E-state index contributed by atoms with van der Waals surface area (Å²) in [6, 6.07) is 5.86. The molecule has 0 aliphatic rings. The van der Waals surface area contributed by atoms with Gasteiger partial charge in [-0.25, -0.2) is 9.37 Å². The maximum absolute atomic E-state index is 12.8. The molecule has 1 aromatic carbocycles. The molecule has 0 saturated heterocycles. The second-order valence-corrected chi connectivity index (χ2v) is 6.75. The van der Waals surface area contributed by atoms with Gasteiger partial charge in [0.15, 0.2) is 11.7 Å². The van der Waals surface area contributed by atoms with E-state index in [1.54, 1.807) is 19.2 Å². The minimum atomic E-state index is -4.40. The molecule has 1 aromatic heterocycles. The second-order valence-electron chi connectivity index (χ2n) is 5.81. The van der Waals surface area contributed by atoms with Crippen LogP contribution in [0.1, 0.15) is 23.5 Å². The van der Waals surface area contributed by atoms with Gasteiger partial charge in [0, 0.05) is 31.9 Å². The third-order valence-corrected chi connectivity index (χ3v) is 4.55. The van der Waals surface area contributed by atoms with E-state index in [9.17, 15) is 17.6 Å². The number of rotatable bonds is 9. The zero-order chi connectivity index (χ0) is 20.4. The van der Waals surface area contributed by atoms with Crippen molar-refractivity contribution in [3.05, 3.63) is 46.2 Å². The highest BCUT2D eigenvalue weighted by molar-refractivity contribution is 7.09. The number of unbranched alkanes of at least 4 members (excludes halogenated alkanes) is 1. The Balaban J connectivity index is 1.57. The molecule has 0 radical (unpaired) electrons. The van der Waals surface area contributed by atoms with E-state index < -0.39 is 11.9 Å². The van der Waals surface area contributed by atoms with Crippen LogP contribution in [-0.4, -0.2) is 37.7 Å². The lowest BCUT2D eigenvalue weighted by molar-refractivity contribution is -0.140. The normalized spacial score (nSPS) is 12.1. The fraction of sp³-hybridized carbons (Fsp3) is 0.444. The average Bonchev–Trinajstić information content (AvgIpc) is 3.14. The summed E-state index contributed by atoms with van der Waals surface area (Å²) in [7, 11) is 1.62. The second kappa shape index (κ2) is 10.8. The molecule has 0 fully saturated rings. The molecule has 2 rings (SSSR count). The predicted molar refractivity (Wildman–Crippen MR) is 101 cm³/mol. The molecule has 2 aromatic rings. The Labute approximate surface area is 164 Å². The van der Waals surface area contributed by atoms with Crippen molar-refractivity contribution in [2.24, 2.45) is 4.99 Å². The molecular weight excluding hydrogens is 396 g/mol. The molecule has 0 unspecified atom stereocenters. The van der Waals surface area contributed by atoms with Crippen LogP contribution in [0.15, 0.2) is 34.6 Å². The van der Waals surface area contributed by atoms with Gasteiger partial charge in [-0.3, -0.25) is 4.99 Å². The molecule has 0 atom stereocenters. The smallest absolute Gasteiger partial charge is 0.434 e. The van der Waals surface area contributed by atoms with Crippen LogP contribution in [-0.2, 0) is 12.6 Å². The number of benzene rings is 1. The SMILES string of the molecule is CN=C(NCCCCOc1ccc(F)cc1)NCCc1nc(C(F)(F)F)cs1. The first-order chi connectivity index (χ1) is 13.4. The summed E-state index contributed by atoms with van der Waals surface area (Å²) in [6.07, 6.45) is -2.38. The molecule has 154 valence electrons. The summed E-state index contributed by atoms with van der Waals surface area (Å²) >= 11 is 0.995. The van der Waals surface area contributed by atoms with Crippen LogP contribution in [0.4, 0.5) is 17.6 Å². The van der Waals surface area contributed by atoms with E-state index in [0.717, 1.165) is 29.6 Å². The fourth-order valence-corrected chi connectivity index (χ4v) is 3.02. The first kappa shape index (κ1) is 21.9. The van der Waals surface area contributed by atoms with Crippen molar-refractivity contribution in [2.45, 2.75) is 25.4 Å². The molecule has 0 saturated carbocycles. The molecule has 0 aliphatic carbocycles. The molecular formula is C18H22F4N4OS. The number of ether oxygens (including phenoxy) is 1. The molecule has 1 heterocycles. The third kappa shape index (κ3) is 7.71. The number of thiazole rings is 1.